The Morgan fingerprint density at radius 1 is 1.38 bits per heavy atom. The molecular weight excluding hydrogens is 332 g/mol. The molecule has 0 radical (unpaired) electrons. The molecule has 1 fully saturated rings. The highest BCUT2D eigenvalue weighted by atomic mass is 16.5. The standard InChI is InChI=1S/C19H24N4O3/c1-11-18(12(2)26-22-11)13-3-4-17-16(9-13)21-19(15(20)5-7-24)23(17)14-6-8-25-10-14/h3-4,9,14-15,24H,5-8,10,20H2,1-2H3/t14-,15-/m0/s1. The quantitative estimate of drug-likeness (QED) is 0.729. The number of hydrogen-bond acceptors (Lipinski definition) is 6. The van der Waals surface area contributed by atoms with Gasteiger partial charge in [-0.25, -0.2) is 4.98 Å². The van der Waals surface area contributed by atoms with Crippen LogP contribution in [0.1, 0.15) is 42.2 Å². The van der Waals surface area contributed by atoms with Crippen LogP contribution < -0.4 is 5.73 Å². The van der Waals surface area contributed by atoms with E-state index >= 15 is 0 Å². The lowest BCUT2D eigenvalue weighted by Gasteiger charge is -2.18. The van der Waals surface area contributed by atoms with Crippen LogP contribution in [0.3, 0.4) is 0 Å². The fourth-order valence-corrected chi connectivity index (χ4v) is 3.81. The summed E-state index contributed by atoms with van der Waals surface area (Å²) < 4.78 is 13.1. The van der Waals surface area contributed by atoms with Crippen LogP contribution >= 0.6 is 0 Å². The second-order valence-electron chi connectivity index (χ2n) is 6.88. The Labute approximate surface area is 151 Å². The number of ether oxygens (including phenoxy) is 1. The lowest BCUT2D eigenvalue weighted by atomic mass is 10.0. The molecule has 1 aliphatic heterocycles. The predicted molar refractivity (Wildman–Crippen MR) is 97.8 cm³/mol. The van der Waals surface area contributed by atoms with Gasteiger partial charge in [0.1, 0.15) is 11.6 Å². The number of nitrogens with zero attached hydrogens (tertiary/aromatic N) is 3. The van der Waals surface area contributed by atoms with Gasteiger partial charge in [-0.1, -0.05) is 11.2 Å². The molecule has 0 amide bonds. The molecule has 3 heterocycles. The first-order chi connectivity index (χ1) is 12.6. The molecule has 138 valence electrons. The summed E-state index contributed by atoms with van der Waals surface area (Å²) in [6.45, 7) is 5.30. The number of hydrogen-bond donors (Lipinski definition) is 2. The van der Waals surface area contributed by atoms with Gasteiger partial charge in [-0.05, 0) is 44.4 Å². The molecule has 1 saturated heterocycles. The molecule has 2 aromatic heterocycles. The maximum Gasteiger partial charge on any atom is 0.141 e. The van der Waals surface area contributed by atoms with Crippen molar-refractivity contribution < 1.29 is 14.4 Å². The minimum Gasteiger partial charge on any atom is -0.396 e. The van der Waals surface area contributed by atoms with E-state index in [1.165, 1.54) is 0 Å². The minimum absolute atomic E-state index is 0.0376. The lowest BCUT2D eigenvalue weighted by molar-refractivity contribution is 0.186. The van der Waals surface area contributed by atoms with E-state index in [0.717, 1.165) is 52.5 Å². The molecule has 0 saturated carbocycles. The zero-order valence-corrected chi connectivity index (χ0v) is 15.1. The fourth-order valence-electron chi connectivity index (χ4n) is 3.81. The van der Waals surface area contributed by atoms with Crippen molar-refractivity contribution in [1.82, 2.24) is 14.7 Å². The highest BCUT2D eigenvalue weighted by Crippen LogP contribution is 2.34. The molecular formula is C19H24N4O3. The van der Waals surface area contributed by atoms with E-state index in [0.29, 0.717) is 13.0 Å². The van der Waals surface area contributed by atoms with E-state index in [9.17, 15) is 5.11 Å². The Hall–Kier alpha value is -2.22. The monoisotopic (exact) mass is 356 g/mol. The van der Waals surface area contributed by atoms with Crippen LogP contribution in [0.15, 0.2) is 22.7 Å². The number of aryl methyl sites for hydroxylation is 2. The lowest BCUT2D eigenvalue weighted by Crippen LogP contribution is -2.21. The third kappa shape index (κ3) is 2.82. The van der Waals surface area contributed by atoms with E-state index in [1.807, 2.05) is 13.8 Å². The van der Waals surface area contributed by atoms with Gasteiger partial charge in [0, 0.05) is 18.8 Å². The predicted octanol–water partition coefficient (Wildman–Crippen LogP) is 2.65. The van der Waals surface area contributed by atoms with Crippen LogP contribution in [-0.2, 0) is 4.74 Å². The minimum atomic E-state index is -0.310. The maximum absolute atomic E-state index is 9.30. The van der Waals surface area contributed by atoms with E-state index in [1.54, 1.807) is 0 Å². The smallest absolute Gasteiger partial charge is 0.141 e. The summed E-state index contributed by atoms with van der Waals surface area (Å²) in [7, 11) is 0. The van der Waals surface area contributed by atoms with Crippen molar-refractivity contribution in [3.63, 3.8) is 0 Å². The van der Waals surface area contributed by atoms with Gasteiger partial charge in [0.15, 0.2) is 0 Å². The first kappa shape index (κ1) is 17.2. The van der Waals surface area contributed by atoms with E-state index in [4.69, 9.17) is 20.0 Å². The highest BCUT2D eigenvalue weighted by molar-refractivity contribution is 5.83. The molecule has 3 N–H and O–H groups in total. The summed E-state index contributed by atoms with van der Waals surface area (Å²) in [6.07, 6.45) is 1.42. The van der Waals surface area contributed by atoms with Crippen LogP contribution in [0, 0.1) is 13.8 Å². The van der Waals surface area contributed by atoms with E-state index in [-0.39, 0.29) is 18.7 Å². The normalized spacial score (nSPS) is 18.7. The molecule has 1 aliphatic rings. The maximum atomic E-state index is 9.30. The fraction of sp³-hybridized carbons (Fsp3) is 0.474. The number of benzene rings is 1. The van der Waals surface area contributed by atoms with Crippen LogP contribution in [0.4, 0.5) is 0 Å². The topological polar surface area (TPSA) is 99.3 Å². The molecule has 7 heteroatoms. The van der Waals surface area contributed by atoms with Crippen molar-refractivity contribution in [2.75, 3.05) is 19.8 Å². The van der Waals surface area contributed by atoms with Crippen LogP contribution in [0.25, 0.3) is 22.2 Å². The number of fused-ring (bicyclic) bond motifs is 1. The number of nitrogens with two attached hydrogens (primary N) is 1. The van der Waals surface area contributed by atoms with E-state index in [2.05, 4.69) is 27.9 Å². The molecule has 26 heavy (non-hydrogen) atoms. The summed E-state index contributed by atoms with van der Waals surface area (Å²) in [5.41, 5.74) is 11.1. The molecule has 2 atom stereocenters. The van der Waals surface area contributed by atoms with Crippen LogP contribution in [0.2, 0.25) is 0 Å². The van der Waals surface area contributed by atoms with Gasteiger partial charge in [-0.15, -0.1) is 0 Å². The van der Waals surface area contributed by atoms with Crippen molar-refractivity contribution >= 4 is 11.0 Å². The van der Waals surface area contributed by atoms with Gasteiger partial charge in [-0.3, -0.25) is 0 Å². The molecule has 7 nitrogen and oxygen atoms in total. The number of imidazole rings is 1. The second kappa shape index (κ2) is 6.83. The summed E-state index contributed by atoms with van der Waals surface area (Å²) in [5, 5.41) is 13.3. The molecule has 0 spiro atoms. The van der Waals surface area contributed by atoms with Gasteiger partial charge in [0.2, 0.25) is 0 Å². The van der Waals surface area contributed by atoms with Crippen molar-refractivity contribution in [3.8, 4) is 11.1 Å². The van der Waals surface area contributed by atoms with Crippen LogP contribution in [0.5, 0.6) is 0 Å². The number of rotatable bonds is 5. The van der Waals surface area contributed by atoms with Crippen molar-refractivity contribution in [3.05, 3.63) is 35.5 Å². The Kier molecular flexibility index (Phi) is 4.52. The first-order valence-corrected chi connectivity index (χ1v) is 8.99. The van der Waals surface area contributed by atoms with E-state index < -0.39 is 0 Å². The van der Waals surface area contributed by atoms with Gasteiger partial charge < -0.3 is 24.7 Å². The van der Waals surface area contributed by atoms with Gasteiger partial charge >= 0.3 is 0 Å². The summed E-state index contributed by atoms with van der Waals surface area (Å²) in [4.78, 5) is 4.83. The summed E-state index contributed by atoms with van der Waals surface area (Å²) in [5.74, 6) is 1.60. The third-order valence-corrected chi connectivity index (χ3v) is 5.08. The molecule has 3 aromatic rings. The number of aromatic nitrogens is 3. The largest absolute Gasteiger partial charge is 0.396 e. The SMILES string of the molecule is Cc1noc(C)c1-c1ccc2c(c1)nc([C@@H](N)CCO)n2[C@H]1CCOC1. The highest BCUT2D eigenvalue weighted by Gasteiger charge is 2.26. The zero-order valence-electron chi connectivity index (χ0n) is 15.1. The molecule has 0 bridgehead atoms. The van der Waals surface area contributed by atoms with Crippen molar-refractivity contribution in [2.24, 2.45) is 5.73 Å². The average molecular weight is 356 g/mol. The van der Waals surface area contributed by atoms with Gasteiger partial charge in [-0.2, -0.15) is 0 Å². The first-order valence-electron chi connectivity index (χ1n) is 8.99. The summed E-state index contributed by atoms with van der Waals surface area (Å²) >= 11 is 0. The molecule has 0 unspecified atom stereocenters. The van der Waals surface area contributed by atoms with Crippen LogP contribution in [-0.4, -0.2) is 39.6 Å². The summed E-state index contributed by atoms with van der Waals surface area (Å²) in [6, 6.07) is 6.13. The Morgan fingerprint density at radius 3 is 2.88 bits per heavy atom. The Bertz CT molecular complexity index is 905. The van der Waals surface area contributed by atoms with Crippen molar-refractivity contribution in [2.45, 2.75) is 38.8 Å². The third-order valence-electron chi connectivity index (χ3n) is 5.08. The second-order valence-corrected chi connectivity index (χ2v) is 6.88. The molecule has 1 aromatic carbocycles. The van der Waals surface area contributed by atoms with Gasteiger partial charge in [0.05, 0.1) is 35.4 Å². The Balaban J connectivity index is 1.86. The molecule has 0 aliphatic carbocycles. The zero-order chi connectivity index (χ0) is 18.3. The van der Waals surface area contributed by atoms with Gasteiger partial charge in [0.25, 0.3) is 0 Å². The average Bonchev–Trinajstić information content (AvgIpc) is 3.33. The molecule has 4 rings (SSSR count). The van der Waals surface area contributed by atoms with Crippen molar-refractivity contribution in [1.29, 1.82) is 0 Å². The number of aliphatic hydroxyl groups is 1. The number of aliphatic hydroxyl groups excluding tert-OH is 1. The Morgan fingerprint density at radius 2 is 2.23 bits per heavy atom.